The first-order valence-corrected chi connectivity index (χ1v) is 6.56. The normalized spacial score (nSPS) is 36.1. The molecule has 1 heterocycles. The lowest BCUT2D eigenvalue weighted by atomic mass is 9.80. The summed E-state index contributed by atoms with van der Waals surface area (Å²) in [7, 11) is 0. The van der Waals surface area contributed by atoms with Crippen molar-refractivity contribution in [3.05, 3.63) is 0 Å². The Morgan fingerprint density at radius 2 is 1.75 bits per heavy atom. The molecule has 16 heavy (non-hydrogen) atoms. The van der Waals surface area contributed by atoms with E-state index in [-0.39, 0.29) is 11.8 Å². The van der Waals surface area contributed by atoms with Gasteiger partial charge in [-0.2, -0.15) is 0 Å². The Morgan fingerprint density at radius 3 is 2.31 bits per heavy atom. The highest BCUT2D eigenvalue weighted by Gasteiger charge is 2.35. The standard InChI is InChI=1S/C13H22FNO/c1-13(14)7-5-11(6-8-13)12(16)15-9-3-2-4-10-15/h11H,2-10H2,1H3. The zero-order valence-electron chi connectivity index (χ0n) is 10.2. The van der Waals surface area contributed by atoms with Crippen LogP contribution in [0, 0.1) is 5.92 Å². The zero-order chi connectivity index (χ0) is 11.6. The highest BCUT2D eigenvalue weighted by molar-refractivity contribution is 5.79. The fourth-order valence-electron chi connectivity index (χ4n) is 2.84. The van der Waals surface area contributed by atoms with Crippen molar-refractivity contribution in [2.75, 3.05) is 13.1 Å². The Hall–Kier alpha value is -0.600. The second-order valence-electron chi connectivity index (χ2n) is 5.57. The van der Waals surface area contributed by atoms with E-state index in [4.69, 9.17) is 0 Å². The molecule has 2 fully saturated rings. The molecule has 1 aliphatic carbocycles. The summed E-state index contributed by atoms with van der Waals surface area (Å²) in [4.78, 5) is 14.2. The molecule has 1 aliphatic heterocycles. The molecule has 0 bridgehead atoms. The van der Waals surface area contributed by atoms with Gasteiger partial charge in [0, 0.05) is 19.0 Å². The van der Waals surface area contributed by atoms with Crippen molar-refractivity contribution in [1.29, 1.82) is 0 Å². The fraction of sp³-hybridized carbons (Fsp3) is 0.923. The number of hydrogen-bond donors (Lipinski definition) is 0. The van der Waals surface area contributed by atoms with E-state index < -0.39 is 5.67 Å². The number of nitrogens with zero attached hydrogens (tertiary/aromatic N) is 1. The van der Waals surface area contributed by atoms with Crippen molar-refractivity contribution in [1.82, 2.24) is 4.90 Å². The van der Waals surface area contributed by atoms with E-state index in [0.717, 1.165) is 38.8 Å². The third-order valence-corrected chi connectivity index (χ3v) is 4.05. The minimum Gasteiger partial charge on any atom is -0.342 e. The zero-order valence-corrected chi connectivity index (χ0v) is 10.2. The van der Waals surface area contributed by atoms with E-state index >= 15 is 0 Å². The van der Waals surface area contributed by atoms with Crippen LogP contribution in [-0.2, 0) is 4.79 Å². The van der Waals surface area contributed by atoms with E-state index in [1.165, 1.54) is 6.42 Å². The summed E-state index contributed by atoms with van der Waals surface area (Å²) in [5, 5.41) is 0. The van der Waals surface area contributed by atoms with Gasteiger partial charge in [0.1, 0.15) is 5.67 Å². The molecular weight excluding hydrogens is 205 g/mol. The number of alkyl halides is 1. The van der Waals surface area contributed by atoms with Gasteiger partial charge < -0.3 is 4.90 Å². The number of amides is 1. The van der Waals surface area contributed by atoms with Crippen LogP contribution >= 0.6 is 0 Å². The summed E-state index contributed by atoms with van der Waals surface area (Å²) in [6.07, 6.45) is 6.11. The van der Waals surface area contributed by atoms with Crippen LogP contribution in [0.4, 0.5) is 4.39 Å². The lowest BCUT2D eigenvalue weighted by molar-refractivity contribution is -0.138. The van der Waals surface area contributed by atoms with Gasteiger partial charge in [-0.25, -0.2) is 4.39 Å². The van der Waals surface area contributed by atoms with Crippen LogP contribution in [0.5, 0.6) is 0 Å². The summed E-state index contributed by atoms with van der Waals surface area (Å²) in [6.45, 7) is 3.50. The van der Waals surface area contributed by atoms with Gasteiger partial charge in [0.2, 0.25) is 5.91 Å². The van der Waals surface area contributed by atoms with Crippen molar-refractivity contribution in [3.63, 3.8) is 0 Å². The number of halogens is 1. The van der Waals surface area contributed by atoms with Crippen LogP contribution in [0.1, 0.15) is 51.9 Å². The fourth-order valence-corrected chi connectivity index (χ4v) is 2.84. The van der Waals surface area contributed by atoms with Gasteiger partial charge in [-0.05, 0) is 51.9 Å². The van der Waals surface area contributed by atoms with Crippen molar-refractivity contribution in [2.24, 2.45) is 5.92 Å². The minimum absolute atomic E-state index is 0.0990. The topological polar surface area (TPSA) is 20.3 Å². The van der Waals surface area contributed by atoms with Crippen LogP contribution in [0.2, 0.25) is 0 Å². The maximum Gasteiger partial charge on any atom is 0.225 e. The molecule has 1 saturated heterocycles. The molecule has 0 aromatic rings. The van der Waals surface area contributed by atoms with E-state index in [2.05, 4.69) is 0 Å². The molecular formula is C13H22FNO. The molecule has 0 aromatic heterocycles. The van der Waals surface area contributed by atoms with Gasteiger partial charge >= 0.3 is 0 Å². The number of likely N-dealkylation sites (tertiary alicyclic amines) is 1. The SMILES string of the molecule is CC1(F)CCC(C(=O)N2CCCCC2)CC1. The maximum absolute atomic E-state index is 13.6. The highest BCUT2D eigenvalue weighted by atomic mass is 19.1. The summed E-state index contributed by atoms with van der Waals surface area (Å²) < 4.78 is 13.6. The monoisotopic (exact) mass is 227 g/mol. The molecule has 92 valence electrons. The molecule has 0 radical (unpaired) electrons. The van der Waals surface area contributed by atoms with Gasteiger partial charge in [0.15, 0.2) is 0 Å². The smallest absolute Gasteiger partial charge is 0.225 e. The molecule has 2 nitrogen and oxygen atoms in total. The molecule has 0 atom stereocenters. The highest BCUT2D eigenvalue weighted by Crippen LogP contribution is 2.35. The predicted octanol–water partition coefficient (Wildman–Crippen LogP) is 2.92. The minimum atomic E-state index is -1.03. The Bertz CT molecular complexity index is 249. The first kappa shape index (κ1) is 11.9. The summed E-state index contributed by atoms with van der Waals surface area (Å²) in [6, 6.07) is 0. The van der Waals surface area contributed by atoms with Gasteiger partial charge in [-0.15, -0.1) is 0 Å². The Morgan fingerprint density at radius 1 is 1.19 bits per heavy atom. The average Bonchev–Trinajstić information content (AvgIpc) is 2.29. The quantitative estimate of drug-likeness (QED) is 0.674. The number of piperidine rings is 1. The largest absolute Gasteiger partial charge is 0.342 e. The summed E-state index contributed by atoms with van der Waals surface area (Å²) >= 11 is 0. The Labute approximate surface area is 97.2 Å². The average molecular weight is 227 g/mol. The van der Waals surface area contributed by atoms with E-state index in [9.17, 15) is 9.18 Å². The van der Waals surface area contributed by atoms with Crippen LogP contribution < -0.4 is 0 Å². The Kier molecular flexibility index (Phi) is 3.50. The summed E-state index contributed by atoms with van der Waals surface area (Å²) in [5.41, 5.74) is -1.03. The number of carbonyl (C=O) groups is 1. The molecule has 0 N–H and O–H groups in total. The molecule has 1 saturated carbocycles. The third kappa shape index (κ3) is 2.74. The van der Waals surface area contributed by atoms with Crippen molar-refractivity contribution in [3.8, 4) is 0 Å². The first-order valence-electron chi connectivity index (χ1n) is 6.56. The van der Waals surface area contributed by atoms with E-state index in [1.54, 1.807) is 6.92 Å². The number of carbonyl (C=O) groups excluding carboxylic acids is 1. The maximum atomic E-state index is 13.6. The van der Waals surface area contributed by atoms with Crippen LogP contribution in [-0.4, -0.2) is 29.6 Å². The lowest BCUT2D eigenvalue weighted by Gasteiger charge is -2.35. The number of hydrogen-bond acceptors (Lipinski definition) is 1. The molecule has 2 aliphatic rings. The van der Waals surface area contributed by atoms with E-state index in [0.29, 0.717) is 12.8 Å². The van der Waals surface area contributed by atoms with Gasteiger partial charge in [-0.1, -0.05) is 0 Å². The van der Waals surface area contributed by atoms with Crippen molar-refractivity contribution < 1.29 is 9.18 Å². The van der Waals surface area contributed by atoms with Crippen LogP contribution in [0.3, 0.4) is 0 Å². The van der Waals surface area contributed by atoms with Gasteiger partial charge in [0.25, 0.3) is 0 Å². The van der Waals surface area contributed by atoms with Gasteiger partial charge in [-0.3, -0.25) is 4.79 Å². The lowest BCUT2D eigenvalue weighted by Crippen LogP contribution is -2.42. The van der Waals surface area contributed by atoms with Crippen LogP contribution in [0.25, 0.3) is 0 Å². The Balaban J connectivity index is 1.86. The molecule has 0 unspecified atom stereocenters. The predicted molar refractivity (Wildman–Crippen MR) is 61.9 cm³/mol. The first-order chi connectivity index (χ1) is 7.58. The number of rotatable bonds is 1. The van der Waals surface area contributed by atoms with Crippen molar-refractivity contribution in [2.45, 2.75) is 57.5 Å². The second-order valence-corrected chi connectivity index (χ2v) is 5.57. The summed E-state index contributed by atoms with van der Waals surface area (Å²) in [5.74, 6) is 0.386. The third-order valence-electron chi connectivity index (χ3n) is 4.05. The molecule has 0 spiro atoms. The molecule has 0 aromatic carbocycles. The van der Waals surface area contributed by atoms with Crippen molar-refractivity contribution >= 4 is 5.91 Å². The van der Waals surface area contributed by atoms with E-state index in [1.807, 2.05) is 4.90 Å². The molecule has 3 heteroatoms. The molecule has 1 amide bonds. The van der Waals surface area contributed by atoms with Crippen LogP contribution in [0.15, 0.2) is 0 Å². The van der Waals surface area contributed by atoms with Gasteiger partial charge in [0.05, 0.1) is 0 Å². The second kappa shape index (κ2) is 4.72. The molecule has 2 rings (SSSR count).